The zero-order chi connectivity index (χ0) is 13.9. The molecule has 1 unspecified atom stereocenters. The Morgan fingerprint density at radius 3 is 2.50 bits per heavy atom. The first kappa shape index (κ1) is 14.5. The lowest BCUT2D eigenvalue weighted by atomic mass is 10.1. The van der Waals surface area contributed by atoms with Gasteiger partial charge in [-0.3, -0.25) is 14.6 Å². The van der Waals surface area contributed by atoms with Crippen molar-refractivity contribution in [3.05, 3.63) is 23.8 Å². The quantitative estimate of drug-likeness (QED) is 0.441. The minimum atomic E-state index is -4.73. The summed E-state index contributed by atoms with van der Waals surface area (Å²) >= 11 is 0. The molecule has 1 aromatic rings. The van der Waals surface area contributed by atoms with E-state index in [4.69, 9.17) is 21.3 Å². The van der Waals surface area contributed by atoms with Crippen LogP contribution in [-0.2, 0) is 15.8 Å². The summed E-state index contributed by atoms with van der Waals surface area (Å²) in [6.45, 7) is 0. The van der Waals surface area contributed by atoms with Crippen molar-refractivity contribution in [2.75, 3.05) is 0 Å². The second kappa shape index (κ2) is 5.36. The average molecular weight is 276 g/mol. The van der Waals surface area contributed by atoms with Gasteiger partial charge < -0.3 is 21.1 Å². The third-order valence-corrected chi connectivity index (χ3v) is 2.50. The van der Waals surface area contributed by atoms with Gasteiger partial charge in [-0.15, -0.1) is 0 Å². The molecule has 9 heteroatoms. The summed E-state index contributed by atoms with van der Waals surface area (Å²) in [4.78, 5) is 27.9. The molecule has 8 nitrogen and oxygen atoms in total. The number of carbonyl (C=O) groups excluding carboxylic acids is 1. The molecule has 0 fully saturated rings. The molecule has 0 radical (unpaired) electrons. The number of nitrogens with two attached hydrogens (primary N) is 2. The van der Waals surface area contributed by atoms with Crippen LogP contribution in [0.3, 0.4) is 0 Å². The van der Waals surface area contributed by atoms with Crippen LogP contribution in [0.1, 0.15) is 5.56 Å². The number of phosphoric ester groups is 1. The molecule has 0 saturated heterocycles. The van der Waals surface area contributed by atoms with Crippen molar-refractivity contribution in [1.29, 1.82) is 0 Å². The van der Waals surface area contributed by atoms with E-state index in [9.17, 15) is 14.5 Å². The monoisotopic (exact) mass is 276 g/mol. The van der Waals surface area contributed by atoms with Crippen molar-refractivity contribution < 1.29 is 28.8 Å². The molecular formula is C9H13N2O6P. The highest BCUT2D eigenvalue weighted by atomic mass is 31.2. The molecular weight excluding hydrogens is 263 g/mol. The molecule has 1 aromatic carbocycles. The van der Waals surface area contributed by atoms with E-state index in [-0.39, 0.29) is 12.2 Å². The number of hydrogen-bond acceptors (Lipinski definition) is 5. The molecule has 18 heavy (non-hydrogen) atoms. The largest absolute Gasteiger partial charge is 0.524 e. The summed E-state index contributed by atoms with van der Waals surface area (Å²) in [5.74, 6) is -1.52. The lowest BCUT2D eigenvalue weighted by Gasteiger charge is -2.11. The number of aromatic hydroxyl groups is 1. The van der Waals surface area contributed by atoms with E-state index in [1.54, 1.807) is 0 Å². The van der Waals surface area contributed by atoms with Crippen molar-refractivity contribution in [1.82, 2.24) is 0 Å². The van der Waals surface area contributed by atoms with Gasteiger partial charge in [-0.25, -0.2) is 4.57 Å². The third kappa shape index (κ3) is 4.34. The van der Waals surface area contributed by atoms with Crippen LogP contribution in [-0.4, -0.2) is 26.8 Å². The van der Waals surface area contributed by atoms with Crippen LogP contribution in [0, 0.1) is 0 Å². The Balaban J connectivity index is 2.86. The van der Waals surface area contributed by atoms with Crippen molar-refractivity contribution in [3.63, 3.8) is 0 Å². The molecule has 0 spiro atoms. The van der Waals surface area contributed by atoms with Crippen molar-refractivity contribution in [2.45, 2.75) is 12.5 Å². The summed E-state index contributed by atoms with van der Waals surface area (Å²) < 4.78 is 14.8. The van der Waals surface area contributed by atoms with E-state index in [0.29, 0.717) is 5.56 Å². The summed E-state index contributed by atoms with van der Waals surface area (Å²) in [5.41, 5.74) is 10.9. The normalized spacial score (nSPS) is 13.1. The van der Waals surface area contributed by atoms with Gasteiger partial charge in [-0.2, -0.15) is 0 Å². The Hall–Kier alpha value is -1.60. The number of rotatable bonds is 5. The Morgan fingerprint density at radius 2 is 2.06 bits per heavy atom. The lowest BCUT2D eigenvalue weighted by molar-refractivity contribution is -0.119. The van der Waals surface area contributed by atoms with Gasteiger partial charge in [-0.05, 0) is 24.1 Å². The van der Waals surface area contributed by atoms with Crippen LogP contribution in [0.15, 0.2) is 18.2 Å². The molecule has 100 valence electrons. The zero-order valence-corrected chi connectivity index (χ0v) is 10.1. The second-order valence-electron chi connectivity index (χ2n) is 3.60. The molecule has 0 aliphatic heterocycles. The van der Waals surface area contributed by atoms with Crippen LogP contribution in [0.2, 0.25) is 0 Å². The van der Waals surface area contributed by atoms with Gasteiger partial charge in [0.05, 0.1) is 6.04 Å². The SMILES string of the molecule is NC(=O)C(N)Cc1ccc(OP(=O)(O)O)c(O)c1. The molecule has 0 aliphatic carbocycles. The highest BCUT2D eigenvalue weighted by Gasteiger charge is 2.19. The molecule has 0 aliphatic rings. The standard InChI is InChI=1S/C9H13N2O6P/c10-6(9(11)13)3-5-1-2-8(7(12)4-5)17-18(14,15)16/h1-2,4,6,12H,3,10H2,(H2,11,13)(H2,14,15,16). The van der Waals surface area contributed by atoms with Gasteiger partial charge in [0.25, 0.3) is 0 Å². The first-order chi connectivity index (χ1) is 8.19. The Kier molecular flexibility index (Phi) is 4.31. The number of hydrogen-bond donors (Lipinski definition) is 5. The van der Waals surface area contributed by atoms with Gasteiger partial charge in [0.15, 0.2) is 11.5 Å². The van der Waals surface area contributed by atoms with E-state index in [1.807, 2.05) is 0 Å². The van der Waals surface area contributed by atoms with Crippen molar-refractivity contribution >= 4 is 13.7 Å². The summed E-state index contributed by atoms with van der Waals surface area (Å²) in [6, 6.07) is 2.86. The fourth-order valence-corrected chi connectivity index (χ4v) is 1.66. The van der Waals surface area contributed by atoms with Gasteiger partial charge in [0, 0.05) is 0 Å². The van der Waals surface area contributed by atoms with E-state index >= 15 is 0 Å². The van der Waals surface area contributed by atoms with Gasteiger partial charge in [0.2, 0.25) is 5.91 Å². The van der Waals surface area contributed by atoms with Gasteiger partial charge >= 0.3 is 7.82 Å². The van der Waals surface area contributed by atoms with Crippen LogP contribution >= 0.6 is 7.82 Å². The smallest absolute Gasteiger partial charge is 0.504 e. The van der Waals surface area contributed by atoms with Gasteiger partial charge in [-0.1, -0.05) is 6.07 Å². The van der Waals surface area contributed by atoms with Crippen LogP contribution in [0.5, 0.6) is 11.5 Å². The number of primary amides is 1. The molecule has 1 amide bonds. The predicted molar refractivity (Wildman–Crippen MR) is 61.7 cm³/mol. The Labute approximate surface area is 102 Å². The number of amides is 1. The first-order valence-electron chi connectivity index (χ1n) is 4.81. The minimum absolute atomic E-state index is 0.0963. The van der Waals surface area contributed by atoms with E-state index in [1.165, 1.54) is 12.1 Å². The molecule has 1 atom stereocenters. The summed E-state index contributed by atoms with van der Waals surface area (Å²) in [7, 11) is -4.73. The number of phenolic OH excluding ortho intramolecular Hbond substituents is 1. The van der Waals surface area contributed by atoms with E-state index in [0.717, 1.165) is 6.07 Å². The molecule has 0 aromatic heterocycles. The number of carbonyl (C=O) groups is 1. The van der Waals surface area contributed by atoms with Crippen LogP contribution in [0.4, 0.5) is 0 Å². The fraction of sp³-hybridized carbons (Fsp3) is 0.222. The Bertz CT molecular complexity index is 500. The molecule has 7 N–H and O–H groups in total. The van der Waals surface area contributed by atoms with E-state index < -0.39 is 25.5 Å². The fourth-order valence-electron chi connectivity index (χ4n) is 1.25. The second-order valence-corrected chi connectivity index (χ2v) is 4.76. The van der Waals surface area contributed by atoms with E-state index in [2.05, 4.69) is 4.52 Å². The highest BCUT2D eigenvalue weighted by Crippen LogP contribution is 2.41. The summed E-state index contributed by atoms with van der Waals surface area (Å²) in [5, 5.41) is 9.48. The zero-order valence-electron chi connectivity index (χ0n) is 9.18. The first-order valence-corrected chi connectivity index (χ1v) is 6.34. The molecule has 0 saturated carbocycles. The average Bonchev–Trinajstić information content (AvgIpc) is 2.20. The van der Waals surface area contributed by atoms with Crippen LogP contribution < -0.4 is 16.0 Å². The number of phosphoric acid groups is 1. The van der Waals surface area contributed by atoms with Crippen molar-refractivity contribution in [3.8, 4) is 11.5 Å². The number of benzene rings is 1. The third-order valence-electron chi connectivity index (χ3n) is 2.06. The maximum absolute atomic E-state index is 10.8. The van der Waals surface area contributed by atoms with Crippen LogP contribution in [0.25, 0.3) is 0 Å². The minimum Gasteiger partial charge on any atom is -0.504 e. The van der Waals surface area contributed by atoms with Crippen molar-refractivity contribution in [2.24, 2.45) is 11.5 Å². The maximum atomic E-state index is 10.8. The maximum Gasteiger partial charge on any atom is 0.524 e. The topological polar surface area (TPSA) is 156 Å². The number of phenols is 1. The van der Waals surface area contributed by atoms with Gasteiger partial charge in [0.1, 0.15) is 0 Å². The molecule has 1 rings (SSSR count). The molecule has 0 bridgehead atoms. The predicted octanol–water partition coefficient (Wildman–Crippen LogP) is -0.781. The highest BCUT2D eigenvalue weighted by molar-refractivity contribution is 7.46. The summed E-state index contributed by atoms with van der Waals surface area (Å²) in [6.07, 6.45) is 0.0963. The lowest BCUT2D eigenvalue weighted by Crippen LogP contribution is -2.38. The molecule has 0 heterocycles. The Morgan fingerprint density at radius 1 is 1.44 bits per heavy atom.